The van der Waals surface area contributed by atoms with E-state index in [-0.39, 0.29) is 17.7 Å². The van der Waals surface area contributed by atoms with E-state index < -0.39 is 0 Å². The lowest BCUT2D eigenvalue weighted by Crippen LogP contribution is -2.22. The lowest BCUT2D eigenvalue weighted by Gasteiger charge is -2.16. The van der Waals surface area contributed by atoms with Crippen LogP contribution in [-0.2, 0) is 6.54 Å². The highest BCUT2D eigenvalue weighted by Crippen LogP contribution is 2.40. The Kier molecular flexibility index (Phi) is 4.27. The van der Waals surface area contributed by atoms with Crippen LogP contribution in [0.1, 0.15) is 12.0 Å². The molecule has 1 atom stereocenters. The van der Waals surface area contributed by atoms with Crippen molar-refractivity contribution in [3.05, 3.63) is 59.4 Å². The van der Waals surface area contributed by atoms with E-state index in [2.05, 4.69) is 9.88 Å². The number of hydrogen-bond donors (Lipinski definition) is 2. The van der Waals surface area contributed by atoms with Crippen LogP contribution in [0.3, 0.4) is 0 Å². The molecule has 1 aliphatic rings. The number of rotatable bonds is 3. The third-order valence-electron chi connectivity index (χ3n) is 5.43. The monoisotopic (exact) mass is 394 g/mol. The molecular formula is C22H19FN2O2S. The standard InChI is InChI=1S/C22H19FN2O2S/c23-17-9-13(1-2-14(17)11-25-7-5-15(26)12-25)21-19(27)4-3-18-22(21)16-6-8-28-20(16)10-24-18/h1-4,6,8-10,15,26-27H,5,7,11-12H2. The number of halogens is 1. The van der Waals surface area contributed by atoms with E-state index in [9.17, 15) is 14.6 Å². The van der Waals surface area contributed by atoms with Crippen LogP contribution in [0.25, 0.3) is 32.1 Å². The quantitative estimate of drug-likeness (QED) is 0.536. The molecule has 2 N–H and O–H groups in total. The fraction of sp³-hybridized carbons (Fsp3) is 0.227. The number of phenols is 1. The number of β-amino-alcohol motifs (C(OH)–C–C–N with tert-alkyl or cyclic N) is 1. The summed E-state index contributed by atoms with van der Waals surface area (Å²) in [5.74, 6) is -0.191. The molecule has 6 heteroatoms. The Bertz CT molecular complexity index is 1190. The molecule has 28 heavy (non-hydrogen) atoms. The summed E-state index contributed by atoms with van der Waals surface area (Å²) < 4.78 is 15.9. The number of aromatic hydroxyl groups is 1. The molecule has 3 heterocycles. The van der Waals surface area contributed by atoms with Gasteiger partial charge in [0.25, 0.3) is 0 Å². The summed E-state index contributed by atoms with van der Waals surface area (Å²) in [5, 5.41) is 24.1. The Labute approximate surface area is 165 Å². The molecule has 5 rings (SSSR count). The van der Waals surface area contributed by atoms with Crippen molar-refractivity contribution in [1.82, 2.24) is 9.88 Å². The molecule has 142 valence electrons. The molecule has 0 radical (unpaired) electrons. The number of nitrogens with zero attached hydrogens (tertiary/aromatic N) is 2. The highest BCUT2D eigenvalue weighted by molar-refractivity contribution is 7.17. The van der Waals surface area contributed by atoms with Gasteiger partial charge in [-0.3, -0.25) is 9.88 Å². The van der Waals surface area contributed by atoms with Crippen molar-refractivity contribution in [1.29, 1.82) is 0 Å². The van der Waals surface area contributed by atoms with E-state index in [0.717, 1.165) is 34.0 Å². The molecule has 1 fully saturated rings. The maximum atomic E-state index is 14.9. The summed E-state index contributed by atoms with van der Waals surface area (Å²) in [4.78, 5) is 6.55. The van der Waals surface area contributed by atoms with Gasteiger partial charge in [0.15, 0.2) is 0 Å². The topological polar surface area (TPSA) is 56.6 Å². The second-order valence-electron chi connectivity index (χ2n) is 7.29. The number of aliphatic hydroxyl groups is 1. The van der Waals surface area contributed by atoms with E-state index in [4.69, 9.17) is 0 Å². The molecule has 1 aliphatic heterocycles. The summed E-state index contributed by atoms with van der Waals surface area (Å²) >= 11 is 1.59. The van der Waals surface area contributed by atoms with Crippen LogP contribution in [0.5, 0.6) is 5.75 Å². The number of aliphatic hydroxyl groups excluding tert-OH is 1. The molecule has 1 unspecified atom stereocenters. The van der Waals surface area contributed by atoms with Crippen LogP contribution in [0.4, 0.5) is 4.39 Å². The predicted octanol–water partition coefficient (Wildman–Crippen LogP) is 4.53. The van der Waals surface area contributed by atoms with Crippen molar-refractivity contribution in [3.8, 4) is 16.9 Å². The summed E-state index contributed by atoms with van der Waals surface area (Å²) in [5.41, 5.74) is 2.60. The Morgan fingerprint density at radius 3 is 2.89 bits per heavy atom. The fourth-order valence-electron chi connectivity index (χ4n) is 4.04. The average Bonchev–Trinajstić information content (AvgIpc) is 3.32. The summed E-state index contributed by atoms with van der Waals surface area (Å²) in [6, 6.07) is 10.5. The van der Waals surface area contributed by atoms with Crippen LogP contribution < -0.4 is 0 Å². The Morgan fingerprint density at radius 1 is 1.21 bits per heavy atom. The SMILES string of the molecule is Oc1ccc2ncc3sccc3c2c1-c1ccc(CN2CCC(O)C2)c(F)c1. The van der Waals surface area contributed by atoms with Gasteiger partial charge in [0, 0.05) is 47.7 Å². The third kappa shape index (κ3) is 2.94. The highest BCUT2D eigenvalue weighted by atomic mass is 32.1. The van der Waals surface area contributed by atoms with Gasteiger partial charge < -0.3 is 10.2 Å². The van der Waals surface area contributed by atoms with Gasteiger partial charge in [0.05, 0.1) is 16.3 Å². The second kappa shape index (κ2) is 6.81. The van der Waals surface area contributed by atoms with Crippen LogP contribution in [0, 0.1) is 5.82 Å². The molecule has 0 saturated carbocycles. The summed E-state index contributed by atoms with van der Waals surface area (Å²) in [6.45, 7) is 1.82. The molecule has 2 aromatic heterocycles. The number of aromatic nitrogens is 1. The van der Waals surface area contributed by atoms with Gasteiger partial charge in [-0.05, 0) is 41.6 Å². The fourth-order valence-corrected chi connectivity index (χ4v) is 4.80. The number of pyridine rings is 1. The van der Waals surface area contributed by atoms with Crippen LogP contribution in [0.2, 0.25) is 0 Å². The first kappa shape index (κ1) is 17.6. The maximum absolute atomic E-state index is 14.9. The first-order valence-electron chi connectivity index (χ1n) is 9.27. The molecule has 1 saturated heterocycles. The van der Waals surface area contributed by atoms with E-state index in [0.29, 0.717) is 29.8 Å². The zero-order valence-corrected chi connectivity index (χ0v) is 15.9. The minimum absolute atomic E-state index is 0.114. The molecule has 4 nitrogen and oxygen atoms in total. The normalized spacial score (nSPS) is 17.7. The molecule has 0 spiro atoms. The minimum Gasteiger partial charge on any atom is -0.507 e. The summed E-state index contributed by atoms with van der Waals surface area (Å²) in [7, 11) is 0. The summed E-state index contributed by atoms with van der Waals surface area (Å²) in [6.07, 6.45) is 2.24. The molecule has 0 bridgehead atoms. The highest BCUT2D eigenvalue weighted by Gasteiger charge is 2.21. The Hall–Kier alpha value is -2.54. The zero-order valence-electron chi connectivity index (χ0n) is 15.1. The molecular weight excluding hydrogens is 375 g/mol. The zero-order chi connectivity index (χ0) is 19.3. The van der Waals surface area contributed by atoms with Crippen molar-refractivity contribution in [3.63, 3.8) is 0 Å². The van der Waals surface area contributed by atoms with Gasteiger partial charge in [-0.25, -0.2) is 4.39 Å². The first-order valence-corrected chi connectivity index (χ1v) is 10.2. The van der Waals surface area contributed by atoms with Gasteiger partial charge in [-0.15, -0.1) is 11.3 Å². The van der Waals surface area contributed by atoms with Gasteiger partial charge in [0.1, 0.15) is 11.6 Å². The lowest BCUT2D eigenvalue weighted by molar-refractivity contribution is 0.174. The van der Waals surface area contributed by atoms with Crippen molar-refractivity contribution in [2.45, 2.75) is 19.1 Å². The van der Waals surface area contributed by atoms with Gasteiger partial charge in [0.2, 0.25) is 0 Å². The minimum atomic E-state index is -0.324. The van der Waals surface area contributed by atoms with Crippen molar-refractivity contribution < 1.29 is 14.6 Å². The predicted molar refractivity (Wildman–Crippen MR) is 110 cm³/mol. The molecule has 4 aromatic rings. The maximum Gasteiger partial charge on any atom is 0.128 e. The van der Waals surface area contributed by atoms with Gasteiger partial charge in [-0.2, -0.15) is 0 Å². The Balaban J connectivity index is 1.61. The number of fused-ring (bicyclic) bond motifs is 3. The van der Waals surface area contributed by atoms with Crippen LogP contribution in [0.15, 0.2) is 48.0 Å². The van der Waals surface area contributed by atoms with Gasteiger partial charge >= 0.3 is 0 Å². The number of thiophene rings is 1. The third-order valence-corrected chi connectivity index (χ3v) is 6.28. The number of likely N-dealkylation sites (tertiary alicyclic amines) is 1. The first-order chi connectivity index (χ1) is 13.6. The van der Waals surface area contributed by atoms with Crippen LogP contribution in [-0.4, -0.2) is 39.3 Å². The largest absolute Gasteiger partial charge is 0.507 e. The lowest BCUT2D eigenvalue weighted by atomic mass is 9.96. The van der Waals surface area contributed by atoms with E-state index in [1.807, 2.05) is 23.7 Å². The van der Waals surface area contributed by atoms with Crippen molar-refractivity contribution >= 4 is 32.3 Å². The van der Waals surface area contributed by atoms with E-state index in [1.165, 1.54) is 6.07 Å². The Morgan fingerprint density at radius 2 is 2.11 bits per heavy atom. The van der Waals surface area contributed by atoms with Crippen LogP contribution >= 0.6 is 11.3 Å². The van der Waals surface area contributed by atoms with Crippen molar-refractivity contribution in [2.24, 2.45) is 0 Å². The van der Waals surface area contributed by atoms with E-state index >= 15 is 0 Å². The number of hydrogen-bond acceptors (Lipinski definition) is 5. The van der Waals surface area contributed by atoms with Gasteiger partial charge in [-0.1, -0.05) is 12.1 Å². The second-order valence-corrected chi connectivity index (χ2v) is 8.24. The molecule has 0 amide bonds. The van der Waals surface area contributed by atoms with Crippen molar-refractivity contribution in [2.75, 3.05) is 13.1 Å². The molecule has 2 aromatic carbocycles. The molecule has 0 aliphatic carbocycles. The number of benzene rings is 2. The smallest absolute Gasteiger partial charge is 0.128 e. The average molecular weight is 394 g/mol. The number of phenolic OH excluding ortho intramolecular Hbond substituents is 1. The van der Waals surface area contributed by atoms with E-state index in [1.54, 1.807) is 29.5 Å².